The van der Waals surface area contributed by atoms with Crippen LogP contribution >= 0.6 is 90.5 Å². The molecule has 15 heteroatoms. The molecule has 0 bridgehead atoms. The summed E-state index contributed by atoms with van der Waals surface area (Å²) in [6.45, 7) is 31.0. The van der Waals surface area contributed by atoms with Gasteiger partial charge in [0.05, 0.1) is 24.3 Å². The van der Waals surface area contributed by atoms with E-state index in [1.54, 1.807) is 0 Å². The molecule has 3 atom stereocenters. The van der Waals surface area contributed by atoms with E-state index in [0.29, 0.717) is 23.9 Å². The fraction of sp³-hybridized carbons (Fsp3) is 0.618. The third-order valence-electron chi connectivity index (χ3n) is 7.53. The third kappa shape index (κ3) is 21.4. The number of ether oxygens (including phenoxy) is 4. The minimum absolute atomic E-state index is 0. The Hall–Kier alpha value is 2.51. The van der Waals surface area contributed by atoms with E-state index in [4.69, 9.17) is 41.6 Å². The number of fused-ring (bicyclic) bond motifs is 2. The Bertz CT molecular complexity index is 1180. The van der Waals surface area contributed by atoms with Gasteiger partial charge in [0.2, 0.25) is 13.6 Å². The van der Waals surface area contributed by atoms with Crippen molar-refractivity contribution in [3.63, 3.8) is 0 Å². The average Bonchev–Trinajstić information content (AvgIpc) is 3.56. The van der Waals surface area contributed by atoms with E-state index >= 15 is 0 Å². The molecule has 49 heavy (non-hydrogen) atoms. The predicted molar refractivity (Wildman–Crippen MR) is 248 cm³/mol. The monoisotopic (exact) mass is 1050 g/mol. The van der Waals surface area contributed by atoms with Gasteiger partial charge in [0, 0.05) is 39.3 Å². The number of rotatable bonds is 2. The Morgan fingerprint density at radius 2 is 0.939 bits per heavy atom. The van der Waals surface area contributed by atoms with Gasteiger partial charge >= 0.3 is 60.4 Å². The van der Waals surface area contributed by atoms with Gasteiger partial charge in [0.15, 0.2) is 23.0 Å². The molecule has 2 aromatic carbocycles. The van der Waals surface area contributed by atoms with Crippen LogP contribution in [0.15, 0.2) is 24.3 Å². The number of hydrogen-bond acceptors (Lipinski definition) is 4. The Balaban J connectivity index is -0.000000277. The van der Waals surface area contributed by atoms with Gasteiger partial charge in [-0.2, -0.15) is 13.3 Å². The minimum Gasteiger partial charge on any atom is -0.454 e. The molecule has 0 spiro atoms. The number of halogens is 3. The zero-order valence-electron chi connectivity index (χ0n) is 32.5. The smallest absolute Gasteiger partial charge is 0.454 e. The molecule has 0 saturated heterocycles. The molecule has 0 aromatic heterocycles. The van der Waals surface area contributed by atoms with Crippen molar-refractivity contribution >= 4 is 119 Å². The van der Waals surface area contributed by atoms with Gasteiger partial charge in [-0.15, -0.1) is 0 Å². The number of benzene rings is 2. The molecule has 4 rings (SSSR count). The van der Waals surface area contributed by atoms with Crippen LogP contribution in [0.5, 0.6) is 23.0 Å². The van der Waals surface area contributed by atoms with Gasteiger partial charge in [0.1, 0.15) is 0 Å². The fourth-order valence-electron chi connectivity index (χ4n) is 2.52. The molecule has 2 aliphatic heterocycles. The molecule has 0 N–H and O–H groups in total. The molecule has 262 valence electrons. The van der Waals surface area contributed by atoms with E-state index in [1.165, 1.54) is 22.4 Å². The number of unbranched alkanes of at least 4 members (excludes halogenated alkanes) is 1. The maximum absolute atomic E-state index is 6.62. The summed E-state index contributed by atoms with van der Waals surface area (Å²) in [5.41, 5.74) is 0. The van der Waals surface area contributed by atoms with Crippen LogP contribution in [0.4, 0.5) is 0 Å². The Kier molecular flexibility index (Phi) is 31.3. The first-order valence-electron chi connectivity index (χ1n) is 15.3. The molecule has 4 nitrogen and oxygen atoms in total. The van der Waals surface area contributed by atoms with Crippen molar-refractivity contribution in [2.24, 2.45) is 0 Å². The van der Waals surface area contributed by atoms with Crippen LogP contribution in [-0.4, -0.2) is 71.7 Å². The van der Waals surface area contributed by atoms with Crippen LogP contribution < -0.4 is 62.0 Å². The van der Waals surface area contributed by atoms with Gasteiger partial charge in [-0.3, -0.25) is 0 Å². The van der Waals surface area contributed by atoms with Crippen LogP contribution in [-0.2, 0) is 0 Å². The van der Waals surface area contributed by atoms with Gasteiger partial charge in [0.25, 0.3) is 0 Å². The molecule has 0 fully saturated rings. The molecule has 3 unspecified atom stereocenters. The summed E-state index contributed by atoms with van der Waals surface area (Å²) in [4.78, 5) is 0. The molecule has 2 aliphatic rings. The van der Waals surface area contributed by atoms with E-state index in [9.17, 15) is 0 Å². The van der Waals surface area contributed by atoms with Crippen molar-refractivity contribution in [1.82, 2.24) is 0 Å². The van der Waals surface area contributed by atoms with Crippen molar-refractivity contribution in [3.05, 3.63) is 41.4 Å². The second-order valence-electron chi connectivity index (χ2n) is 14.2. The summed E-state index contributed by atoms with van der Waals surface area (Å²) < 4.78 is 24.8. The first-order valence-corrected chi connectivity index (χ1v) is 25.0. The molecule has 0 amide bonds. The quantitative estimate of drug-likeness (QED) is 0.173. The normalized spacial score (nSPS) is 14.6. The third-order valence-corrected chi connectivity index (χ3v) is 20.6. The van der Waals surface area contributed by atoms with Crippen LogP contribution in [0.1, 0.15) is 90.0 Å². The Labute approximate surface area is 374 Å². The van der Waals surface area contributed by atoms with Gasteiger partial charge < -0.3 is 25.4 Å². The van der Waals surface area contributed by atoms with Crippen LogP contribution in [0.25, 0.3) is 0 Å². The summed E-state index contributed by atoms with van der Waals surface area (Å²) in [5.74, 6) is 3.36. The van der Waals surface area contributed by atoms with Crippen molar-refractivity contribution in [2.75, 3.05) is 33.6 Å². The van der Waals surface area contributed by atoms with Crippen molar-refractivity contribution in [2.45, 2.75) is 105 Å². The summed E-state index contributed by atoms with van der Waals surface area (Å²) in [5, 5.41) is 2.06. The largest absolute Gasteiger partial charge is 1.00 e. The summed E-state index contributed by atoms with van der Waals surface area (Å²) >= 11 is 6.88. The first-order chi connectivity index (χ1) is 20.8. The zero-order valence-corrected chi connectivity index (χ0v) is 41.8. The van der Waals surface area contributed by atoms with Crippen molar-refractivity contribution < 1.29 is 56.7 Å². The summed E-state index contributed by atoms with van der Waals surface area (Å²) in [7, 11) is 15.2. The second-order valence-corrected chi connectivity index (χ2v) is 27.4. The second kappa shape index (κ2) is 26.4. The van der Waals surface area contributed by atoms with Crippen molar-refractivity contribution in [1.29, 1.82) is 0 Å². The Morgan fingerprint density at radius 1 is 0.694 bits per heavy atom. The summed E-state index contributed by atoms with van der Waals surface area (Å²) in [6.07, 6.45) is 3.32. The predicted octanol–water partition coefficient (Wildman–Crippen LogP) is 5.49. The van der Waals surface area contributed by atoms with Crippen LogP contribution in [0.2, 0.25) is 0 Å². The SMILES string of the molecule is C.C[CH-]CC.Ic1cc2c(cc1I)OCO2.[B][P+](C)(c1cc2c(cc1I)OCO2)C(C)(C)C.[B][PH+](C)C(C)(C)C.[B][PH+](C)C(C)(C)C.[Li+].[Li+]. The molecule has 0 saturated carbocycles. The molecular formula is C34H59B3I3Li2O4P3+4. The zero-order chi connectivity index (χ0) is 36.3. The standard InChI is InChI=1S/C12H16BIO2P.C7H4I2O2.2C5H13BP.C4H9.CH4.2Li/c1-12(2,3)17(4,13)11-6-10-9(5-8(11)14)15-7-16-10;8-4-1-6-7(2-5(4)9)11-3-10-6;2*1-5(2,3)7(4)6;1-3-4-2;;;/h5-6H,7H2,1-4H3;1-2H,3H2;2*7H,1-4H3;3H,4H2,1-2H3;1H4;;/q+1;;2*+1;-1;;2*+1. The summed E-state index contributed by atoms with van der Waals surface area (Å²) in [6, 6.07) is 8.06. The van der Waals surface area contributed by atoms with Gasteiger partial charge in [-0.25, -0.2) is 0 Å². The maximum atomic E-state index is 6.62. The molecule has 2 heterocycles. The fourth-order valence-corrected chi connectivity index (χ4v) is 6.95. The van der Waals surface area contributed by atoms with E-state index in [2.05, 4.69) is 176 Å². The van der Waals surface area contributed by atoms with E-state index in [-0.39, 0.29) is 50.3 Å². The topological polar surface area (TPSA) is 36.9 Å². The average molecular weight is 1050 g/mol. The first kappa shape index (κ1) is 58.2. The van der Waals surface area contributed by atoms with Crippen LogP contribution in [0.3, 0.4) is 0 Å². The van der Waals surface area contributed by atoms with E-state index < -0.39 is 22.7 Å². The van der Waals surface area contributed by atoms with E-state index in [1.807, 2.05) is 18.2 Å². The molecule has 2 aromatic rings. The van der Waals surface area contributed by atoms with E-state index in [0.717, 1.165) is 23.0 Å². The van der Waals surface area contributed by atoms with Gasteiger partial charge in [-0.05, 0) is 149 Å². The molecular weight excluding hydrogens is 992 g/mol. The minimum atomic E-state index is -1.69. The van der Waals surface area contributed by atoms with Crippen molar-refractivity contribution in [3.8, 4) is 23.0 Å². The van der Waals surface area contributed by atoms with Gasteiger partial charge in [-0.1, -0.05) is 30.0 Å². The molecule has 0 aliphatic carbocycles. The van der Waals surface area contributed by atoms with Crippen LogP contribution in [0, 0.1) is 17.1 Å². The Morgan fingerprint density at radius 3 is 1.16 bits per heavy atom. The number of hydrogen-bond donors (Lipinski definition) is 0. The molecule has 6 radical (unpaired) electrons. The maximum Gasteiger partial charge on any atom is 1.00 e.